The Kier molecular flexibility index (Phi) is 7.92. The fourth-order valence-electron chi connectivity index (χ4n) is 2.47. The van der Waals surface area contributed by atoms with Gasteiger partial charge in [0, 0.05) is 30.4 Å². The summed E-state index contributed by atoms with van der Waals surface area (Å²) in [6, 6.07) is 4.52. The van der Waals surface area contributed by atoms with E-state index in [-0.39, 0.29) is 24.0 Å². The molecule has 2 rings (SSSR count). The summed E-state index contributed by atoms with van der Waals surface area (Å²) >= 11 is 0. The number of aromatic nitrogens is 1. The lowest BCUT2D eigenvalue weighted by atomic mass is 10.2. The van der Waals surface area contributed by atoms with Crippen LogP contribution in [0, 0.1) is 6.92 Å². The van der Waals surface area contributed by atoms with E-state index in [4.69, 9.17) is 10.7 Å². The number of hydrogen-bond donors (Lipinski definition) is 2. The summed E-state index contributed by atoms with van der Waals surface area (Å²) in [4.78, 5) is 11.5. The summed E-state index contributed by atoms with van der Waals surface area (Å²) in [5.41, 5.74) is 8.14. The molecule has 1 unspecified atom stereocenters. The molecule has 124 valence electrons. The van der Waals surface area contributed by atoms with Crippen molar-refractivity contribution in [3.63, 3.8) is 0 Å². The Morgan fingerprint density at radius 2 is 2.09 bits per heavy atom. The minimum absolute atomic E-state index is 0. The number of guanidine groups is 1. The summed E-state index contributed by atoms with van der Waals surface area (Å²) < 4.78 is 0. The molecule has 0 saturated carbocycles. The first-order valence-electron chi connectivity index (χ1n) is 7.88. The summed E-state index contributed by atoms with van der Waals surface area (Å²) in [6.07, 6.45) is 3.52. The predicted molar refractivity (Wildman–Crippen MR) is 104 cm³/mol. The van der Waals surface area contributed by atoms with Crippen molar-refractivity contribution in [1.82, 2.24) is 10.3 Å². The molecule has 1 aliphatic heterocycles. The second-order valence-corrected chi connectivity index (χ2v) is 5.78. The van der Waals surface area contributed by atoms with Crippen molar-refractivity contribution in [2.24, 2.45) is 10.7 Å². The Balaban J connectivity index is 0.00000242. The third-order valence-corrected chi connectivity index (χ3v) is 3.93. The van der Waals surface area contributed by atoms with Crippen LogP contribution in [0.15, 0.2) is 17.1 Å². The van der Waals surface area contributed by atoms with Crippen LogP contribution in [0.3, 0.4) is 0 Å². The van der Waals surface area contributed by atoms with Gasteiger partial charge in [-0.05, 0) is 39.2 Å². The Morgan fingerprint density at radius 1 is 1.41 bits per heavy atom. The molecule has 1 saturated heterocycles. The smallest absolute Gasteiger partial charge is 0.189 e. The van der Waals surface area contributed by atoms with Crippen molar-refractivity contribution >= 4 is 35.8 Å². The minimum Gasteiger partial charge on any atom is -0.370 e. The van der Waals surface area contributed by atoms with Crippen LogP contribution in [-0.4, -0.2) is 30.1 Å². The largest absolute Gasteiger partial charge is 0.370 e. The maximum absolute atomic E-state index is 5.94. The van der Waals surface area contributed by atoms with Crippen molar-refractivity contribution in [2.75, 3.05) is 18.0 Å². The van der Waals surface area contributed by atoms with Crippen LogP contribution >= 0.6 is 24.0 Å². The number of aryl methyl sites for hydroxylation is 1. The van der Waals surface area contributed by atoms with E-state index in [1.165, 1.54) is 12.8 Å². The number of nitrogens with two attached hydrogens (primary N) is 1. The highest BCUT2D eigenvalue weighted by Gasteiger charge is 2.17. The number of aliphatic imine (C=N–C) groups is 1. The number of nitrogens with zero attached hydrogens (tertiary/aromatic N) is 3. The summed E-state index contributed by atoms with van der Waals surface area (Å²) in [5, 5.41) is 3.19. The van der Waals surface area contributed by atoms with Crippen molar-refractivity contribution in [2.45, 2.75) is 52.6 Å². The van der Waals surface area contributed by atoms with Crippen molar-refractivity contribution in [3.05, 3.63) is 23.4 Å². The van der Waals surface area contributed by atoms with Gasteiger partial charge in [-0.2, -0.15) is 0 Å². The Morgan fingerprint density at radius 3 is 2.73 bits per heavy atom. The number of rotatable bonds is 5. The lowest BCUT2D eigenvalue weighted by Gasteiger charge is -2.20. The van der Waals surface area contributed by atoms with E-state index in [0.29, 0.717) is 18.5 Å². The molecule has 1 atom stereocenters. The van der Waals surface area contributed by atoms with E-state index in [0.717, 1.165) is 36.6 Å². The summed E-state index contributed by atoms with van der Waals surface area (Å²) in [7, 11) is 0. The van der Waals surface area contributed by atoms with Gasteiger partial charge in [0.2, 0.25) is 0 Å². The van der Waals surface area contributed by atoms with Gasteiger partial charge in [-0.15, -0.1) is 24.0 Å². The summed E-state index contributed by atoms with van der Waals surface area (Å²) in [5.74, 6) is 1.59. The molecule has 0 aromatic carbocycles. The van der Waals surface area contributed by atoms with E-state index < -0.39 is 0 Å². The Bertz CT molecular complexity index is 497. The Hall–Kier alpha value is -1.05. The van der Waals surface area contributed by atoms with E-state index in [1.54, 1.807) is 0 Å². The second-order valence-electron chi connectivity index (χ2n) is 5.78. The van der Waals surface area contributed by atoms with E-state index in [1.807, 2.05) is 13.0 Å². The molecule has 0 bridgehead atoms. The molecule has 5 nitrogen and oxygen atoms in total. The van der Waals surface area contributed by atoms with Crippen LogP contribution in [0.25, 0.3) is 0 Å². The second kappa shape index (κ2) is 9.17. The van der Waals surface area contributed by atoms with E-state index >= 15 is 0 Å². The molecule has 0 amide bonds. The van der Waals surface area contributed by atoms with E-state index in [2.05, 4.69) is 35.1 Å². The van der Waals surface area contributed by atoms with E-state index in [9.17, 15) is 0 Å². The van der Waals surface area contributed by atoms with Crippen LogP contribution in [-0.2, 0) is 6.54 Å². The zero-order chi connectivity index (χ0) is 15.2. The third-order valence-electron chi connectivity index (χ3n) is 3.93. The van der Waals surface area contributed by atoms with Gasteiger partial charge in [0.05, 0.1) is 6.54 Å². The Labute approximate surface area is 150 Å². The van der Waals surface area contributed by atoms with Crippen molar-refractivity contribution < 1.29 is 0 Å². The molecular formula is C16H28IN5. The molecule has 0 aliphatic carbocycles. The molecule has 6 heteroatoms. The quantitative estimate of drug-likeness (QED) is 0.439. The highest BCUT2D eigenvalue weighted by Crippen LogP contribution is 2.23. The topological polar surface area (TPSA) is 66.5 Å². The van der Waals surface area contributed by atoms with Gasteiger partial charge in [-0.1, -0.05) is 13.0 Å². The monoisotopic (exact) mass is 417 g/mol. The van der Waals surface area contributed by atoms with Gasteiger partial charge in [0.1, 0.15) is 5.82 Å². The number of pyridine rings is 1. The average Bonchev–Trinajstić information content (AvgIpc) is 2.99. The van der Waals surface area contributed by atoms with Gasteiger partial charge >= 0.3 is 0 Å². The fourth-order valence-corrected chi connectivity index (χ4v) is 2.47. The van der Waals surface area contributed by atoms with Gasteiger partial charge in [-0.3, -0.25) is 0 Å². The van der Waals surface area contributed by atoms with Crippen molar-refractivity contribution in [1.29, 1.82) is 0 Å². The van der Waals surface area contributed by atoms with Crippen LogP contribution in [0.4, 0.5) is 5.82 Å². The van der Waals surface area contributed by atoms with Crippen LogP contribution in [0.5, 0.6) is 0 Å². The van der Waals surface area contributed by atoms with Gasteiger partial charge in [0.15, 0.2) is 5.96 Å². The average molecular weight is 417 g/mol. The maximum Gasteiger partial charge on any atom is 0.189 e. The number of nitrogens with one attached hydrogen (secondary N) is 1. The maximum atomic E-state index is 5.94. The molecule has 1 aromatic rings. The van der Waals surface area contributed by atoms with Gasteiger partial charge < -0.3 is 16.0 Å². The number of hydrogen-bond acceptors (Lipinski definition) is 3. The highest BCUT2D eigenvalue weighted by molar-refractivity contribution is 14.0. The molecule has 22 heavy (non-hydrogen) atoms. The van der Waals surface area contributed by atoms with Gasteiger partial charge in [0.25, 0.3) is 0 Å². The number of anilines is 1. The molecule has 3 N–H and O–H groups in total. The molecule has 1 aromatic heterocycles. The highest BCUT2D eigenvalue weighted by atomic mass is 127. The third kappa shape index (κ3) is 5.30. The van der Waals surface area contributed by atoms with Crippen LogP contribution in [0.2, 0.25) is 0 Å². The zero-order valence-electron chi connectivity index (χ0n) is 13.8. The summed E-state index contributed by atoms with van der Waals surface area (Å²) in [6.45, 7) is 9.02. The molecule has 0 spiro atoms. The molecule has 0 radical (unpaired) electrons. The first-order chi connectivity index (χ1) is 10.1. The lowest BCUT2D eigenvalue weighted by molar-refractivity contribution is 0.636. The van der Waals surface area contributed by atoms with Crippen LogP contribution in [0.1, 0.15) is 44.4 Å². The van der Waals surface area contributed by atoms with Crippen LogP contribution < -0.4 is 16.0 Å². The molecule has 1 fully saturated rings. The molecule has 1 aliphatic rings. The first kappa shape index (κ1) is 19.0. The minimum atomic E-state index is 0. The predicted octanol–water partition coefficient (Wildman–Crippen LogP) is 2.81. The fraction of sp³-hybridized carbons (Fsp3) is 0.625. The number of halogens is 1. The van der Waals surface area contributed by atoms with Gasteiger partial charge in [-0.25, -0.2) is 9.98 Å². The van der Waals surface area contributed by atoms with Crippen molar-refractivity contribution in [3.8, 4) is 0 Å². The zero-order valence-corrected chi connectivity index (χ0v) is 16.1. The SMILES string of the molecule is CCC(C)NC(N)=NCc1ccc(C)nc1N1CCCC1.I. The lowest BCUT2D eigenvalue weighted by Crippen LogP contribution is -2.38. The molecule has 2 heterocycles. The first-order valence-corrected chi connectivity index (χ1v) is 7.88. The molecular weight excluding hydrogens is 389 g/mol. The standard InChI is InChI=1S/C16H27N5.HI/c1-4-12(2)20-16(17)18-11-14-8-7-13(3)19-15(14)21-9-5-6-10-21;/h7-8,12H,4-6,9-11H2,1-3H3,(H3,17,18,20);1H. The normalized spacial score (nSPS) is 16.3.